The quantitative estimate of drug-likeness (QED) is 0.391. The van der Waals surface area contributed by atoms with E-state index in [9.17, 15) is 13.2 Å². The molecule has 0 radical (unpaired) electrons. The number of hydrogen-bond donors (Lipinski definition) is 0. The monoisotopic (exact) mass is 467 g/mol. The van der Waals surface area contributed by atoms with Crippen LogP contribution in [0.15, 0.2) is 77.7 Å². The Morgan fingerprint density at radius 1 is 0.939 bits per heavy atom. The summed E-state index contributed by atoms with van der Waals surface area (Å²) in [5.74, 6) is -0.0392. The van der Waals surface area contributed by atoms with Crippen LogP contribution >= 0.6 is 0 Å². The molecule has 0 aliphatic carbocycles. The first-order valence-electron chi connectivity index (χ1n) is 10.6. The third kappa shape index (κ3) is 5.24. The van der Waals surface area contributed by atoms with Crippen LogP contribution in [0.3, 0.4) is 0 Å². The van der Waals surface area contributed by atoms with Crippen molar-refractivity contribution >= 4 is 16.0 Å². The minimum Gasteiger partial charge on any atom is -0.496 e. The molecule has 0 amide bonds. The SMILES string of the molecule is COc1ccc(S(=O)(=O)N2CCOCC2)cc1C(=O)Oc1ccccc1Cc1ccccc1. The molecule has 0 saturated carbocycles. The molecule has 0 unspecified atom stereocenters. The molecule has 3 aromatic carbocycles. The highest BCUT2D eigenvalue weighted by Crippen LogP contribution is 2.28. The standard InChI is InChI=1S/C25H25NO6S/c1-30-24-12-11-21(33(28,29)26-13-15-31-16-14-26)18-22(24)25(27)32-23-10-6-5-9-20(23)17-19-7-3-2-4-8-19/h2-12,18H,13-17H2,1H3. The molecule has 8 heteroatoms. The predicted molar refractivity (Wildman–Crippen MR) is 123 cm³/mol. The summed E-state index contributed by atoms with van der Waals surface area (Å²) in [4.78, 5) is 13.1. The largest absolute Gasteiger partial charge is 0.496 e. The zero-order valence-corrected chi connectivity index (χ0v) is 19.1. The van der Waals surface area contributed by atoms with E-state index in [0.717, 1.165) is 11.1 Å². The van der Waals surface area contributed by atoms with Gasteiger partial charge in [0.15, 0.2) is 0 Å². The van der Waals surface area contributed by atoms with Crippen LogP contribution in [0.5, 0.6) is 11.5 Å². The van der Waals surface area contributed by atoms with E-state index in [1.54, 1.807) is 12.1 Å². The number of hydrogen-bond acceptors (Lipinski definition) is 6. The van der Waals surface area contributed by atoms with Crippen molar-refractivity contribution in [2.45, 2.75) is 11.3 Å². The molecule has 0 spiro atoms. The Balaban J connectivity index is 1.62. The molecule has 33 heavy (non-hydrogen) atoms. The van der Waals surface area contributed by atoms with Crippen LogP contribution in [-0.2, 0) is 21.2 Å². The van der Waals surface area contributed by atoms with Gasteiger partial charge < -0.3 is 14.2 Å². The van der Waals surface area contributed by atoms with E-state index in [1.807, 2.05) is 42.5 Å². The maximum atomic E-state index is 13.1. The zero-order valence-electron chi connectivity index (χ0n) is 18.3. The second kappa shape index (κ2) is 10.2. The van der Waals surface area contributed by atoms with Crippen LogP contribution in [0.1, 0.15) is 21.5 Å². The fourth-order valence-corrected chi connectivity index (χ4v) is 5.10. The lowest BCUT2D eigenvalue weighted by atomic mass is 10.0. The number of para-hydroxylation sites is 1. The molecule has 7 nitrogen and oxygen atoms in total. The third-order valence-electron chi connectivity index (χ3n) is 5.41. The van der Waals surface area contributed by atoms with Crippen molar-refractivity contribution in [3.63, 3.8) is 0 Å². The van der Waals surface area contributed by atoms with E-state index < -0.39 is 16.0 Å². The van der Waals surface area contributed by atoms with Crippen molar-refractivity contribution in [3.8, 4) is 11.5 Å². The second-order valence-electron chi connectivity index (χ2n) is 7.54. The first-order valence-corrected chi connectivity index (χ1v) is 12.0. The highest BCUT2D eigenvalue weighted by molar-refractivity contribution is 7.89. The summed E-state index contributed by atoms with van der Waals surface area (Å²) in [6.07, 6.45) is 0.590. The molecule has 1 fully saturated rings. The fourth-order valence-electron chi connectivity index (χ4n) is 3.66. The van der Waals surface area contributed by atoms with Crippen molar-refractivity contribution < 1.29 is 27.4 Å². The van der Waals surface area contributed by atoms with Crippen LogP contribution in [0, 0.1) is 0 Å². The Labute approximate surface area is 193 Å². The molecular formula is C25H25NO6S. The zero-order chi connectivity index (χ0) is 23.3. The maximum Gasteiger partial charge on any atom is 0.347 e. The molecule has 3 aromatic rings. The summed E-state index contributed by atoms with van der Waals surface area (Å²) >= 11 is 0. The Bertz CT molecular complexity index is 1220. The lowest BCUT2D eigenvalue weighted by molar-refractivity contribution is 0.0725. The van der Waals surface area contributed by atoms with E-state index in [0.29, 0.717) is 25.4 Å². The van der Waals surface area contributed by atoms with E-state index in [-0.39, 0.29) is 29.3 Å². The van der Waals surface area contributed by atoms with E-state index in [2.05, 4.69) is 0 Å². The highest BCUT2D eigenvalue weighted by Gasteiger charge is 2.28. The molecule has 0 aromatic heterocycles. The topological polar surface area (TPSA) is 82.1 Å². The summed E-state index contributed by atoms with van der Waals surface area (Å²) in [7, 11) is -2.35. The number of benzene rings is 3. The number of esters is 1. The number of sulfonamides is 1. The molecule has 172 valence electrons. The number of carbonyl (C=O) groups is 1. The van der Waals surface area contributed by atoms with Gasteiger partial charge in [-0.1, -0.05) is 48.5 Å². The molecule has 0 atom stereocenters. The highest BCUT2D eigenvalue weighted by atomic mass is 32.2. The number of morpholine rings is 1. The van der Waals surface area contributed by atoms with Crippen LogP contribution in [0.25, 0.3) is 0 Å². The van der Waals surface area contributed by atoms with Crippen LogP contribution in [0.4, 0.5) is 0 Å². The van der Waals surface area contributed by atoms with Crippen LogP contribution < -0.4 is 9.47 Å². The number of methoxy groups -OCH3 is 1. The summed E-state index contributed by atoms with van der Waals surface area (Å²) in [5, 5.41) is 0. The average molecular weight is 468 g/mol. The number of ether oxygens (including phenoxy) is 3. The van der Waals surface area contributed by atoms with Gasteiger partial charge in [-0.15, -0.1) is 0 Å². The van der Waals surface area contributed by atoms with Gasteiger partial charge in [-0.2, -0.15) is 4.31 Å². The predicted octanol–water partition coefficient (Wildman–Crippen LogP) is 3.53. The number of nitrogens with zero attached hydrogens (tertiary/aromatic N) is 1. The first kappa shape index (κ1) is 23.0. The van der Waals surface area contributed by atoms with Crippen molar-refractivity contribution in [2.24, 2.45) is 0 Å². The van der Waals surface area contributed by atoms with E-state index in [4.69, 9.17) is 14.2 Å². The maximum absolute atomic E-state index is 13.1. The van der Waals surface area contributed by atoms with Crippen molar-refractivity contribution in [1.29, 1.82) is 0 Å². The van der Waals surface area contributed by atoms with Crippen molar-refractivity contribution in [3.05, 3.63) is 89.5 Å². The molecule has 1 aliphatic rings. The van der Waals surface area contributed by atoms with Crippen molar-refractivity contribution in [1.82, 2.24) is 4.31 Å². The molecule has 4 rings (SSSR count). The minimum atomic E-state index is -3.77. The molecule has 1 aliphatic heterocycles. The Morgan fingerprint density at radius 3 is 2.36 bits per heavy atom. The first-order chi connectivity index (χ1) is 16.0. The van der Waals surface area contributed by atoms with E-state index >= 15 is 0 Å². The van der Waals surface area contributed by atoms with Gasteiger partial charge >= 0.3 is 5.97 Å². The van der Waals surface area contributed by atoms with Gasteiger partial charge in [-0.05, 0) is 35.4 Å². The summed E-state index contributed by atoms with van der Waals surface area (Å²) < 4.78 is 43.7. The van der Waals surface area contributed by atoms with Gasteiger partial charge in [-0.25, -0.2) is 13.2 Å². The van der Waals surface area contributed by atoms with Gasteiger partial charge in [0.2, 0.25) is 10.0 Å². The molecule has 1 saturated heterocycles. The van der Waals surface area contributed by atoms with Gasteiger partial charge in [-0.3, -0.25) is 0 Å². The Kier molecular flexibility index (Phi) is 7.08. The average Bonchev–Trinajstić information content (AvgIpc) is 2.86. The van der Waals surface area contributed by atoms with E-state index in [1.165, 1.54) is 29.6 Å². The minimum absolute atomic E-state index is 0.00900. The van der Waals surface area contributed by atoms with Gasteiger partial charge in [0, 0.05) is 19.5 Å². The smallest absolute Gasteiger partial charge is 0.347 e. The number of carbonyl (C=O) groups excluding carboxylic acids is 1. The van der Waals surface area contributed by atoms with Crippen molar-refractivity contribution in [2.75, 3.05) is 33.4 Å². The molecule has 1 heterocycles. The van der Waals surface area contributed by atoms with Gasteiger partial charge in [0.1, 0.15) is 17.1 Å². The summed E-state index contributed by atoms with van der Waals surface area (Å²) in [6, 6.07) is 21.4. The van der Waals surface area contributed by atoms with Crippen LogP contribution in [0.2, 0.25) is 0 Å². The molecule has 0 bridgehead atoms. The third-order valence-corrected chi connectivity index (χ3v) is 7.31. The second-order valence-corrected chi connectivity index (χ2v) is 9.48. The van der Waals surface area contributed by atoms with Gasteiger partial charge in [0.05, 0.1) is 25.2 Å². The molecular weight excluding hydrogens is 442 g/mol. The fraction of sp³-hybridized carbons (Fsp3) is 0.240. The summed E-state index contributed by atoms with van der Waals surface area (Å²) in [6.45, 7) is 1.20. The van der Waals surface area contributed by atoms with Gasteiger partial charge in [0.25, 0.3) is 0 Å². The lowest BCUT2D eigenvalue weighted by Gasteiger charge is -2.26. The Hall–Kier alpha value is -3.20. The normalized spacial score (nSPS) is 14.6. The Morgan fingerprint density at radius 2 is 1.64 bits per heavy atom. The lowest BCUT2D eigenvalue weighted by Crippen LogP contribution is -2.40. The summed E-state index contributed by atoms with van der Waals surface area (Å²) in [5.41, 5.74) is 1.96. The van der Waals surface area contributed by atoms with Crippen LogP contribution in [-0.4, -0.2) is 52.1 Å². The molecule has 0 N–H and O–H groups in total. The number of rotatable bonds is 7.